The molecule has 254 valence electrons. The molecule has 4 aromatic rings. The Kier molecular flexibility index (Phi) is 12.8. The molecule has 1 amide bonds. The number of rotatable bonds is 16. The van der Waals surface area contributed by atoms with E-state index in [-0.39, 0.29) is 49.0 Å². The minimum Gasteiger partial charge on any atom is -0.496 e. The van der Waals surface area contributed by atoms with Crippen molar-refractivity contribution in [1.29, 1.82) is 0 Å². The second-order valence-electron chi connectivity index (χ2n) is 12.2. The average molecular weight is 655 g/mol. The van der Waals surface area contributed by atoms with Crippen molar-refractivity contribution in [1.82, 2.24) is 15.3 Å². The monoisotopic (exact) mass is 654 g/mol. The second kappa shape index (κ2) is 17.0. The molecule has 4 N–H and O–H groups in total. The molecule has 10 heteroatoms. The van der Waals surface area contributed by atoms with E-state index in [0.717, 1.165) is 45.4 Å². The van der Waals surface area contributed by atoms with Crippen LogP contribution in [0.3, 0.4) is 0 Å². The quantitative estimate of drug-likeness (QED) is 0.115. The van der Waals surface area contributed by atoms with Gasteiger partial charge >= 0.3 is 0 Å². The summed E-state index contributed by atoms with van der Waals surface area (Å²) in [7, 11) is 3.12. The molecule has 48 heavy (non-hydrogen) atoms. The number of benzene rings is 2. The van der Waals surface area contributed by atoms with Crippen molar-refractivity contribution in [2.24, 2.45) is 5.92 Å². The van der Waals surface area contributed by atoms with Crippen molar-refractivity contribution in [2.45, 2.75) is 59.5 Å². The third-order valence-corrected chi connectivity index (χ3v) is 8.65. The van der Waals surface area contributed by atoms with Gasteiger partial charge in [-0.25, -0.2) is 0 Å². The Morgan fingerprint density at radius 2 is 1.44 bits per heavy atom. The zero-order valence-electron chi connectivity index (χ0n) is 28.6. The molecule has 2 heterocycles. The molecule has 10 nitrogen and oxygen atoms in total. The Bertz CT molecular complexity index is 1610. The highest BCUT2D eigenvalue weighted by atomic mass is 16.5. The molecule has 0 saturated carbocycles. The number of hydrogen-bond acceptors (Lipinski definition) is 9. The van der Waals surface area contributed by atoms with E-state index in [1.165, 1.54) is 0 Å². The number of carbonyl (C=O) groups is 2. The smallest absolute Gasteiger partial charge is 0.274 e. The number of ether oxygens (including phenoxy) is 2. The Hall–Kier alpha value is -4.64. The van der Waals surface area contributed by atoms with Gasteiger partial charge in [-0.2, -0.15) is 0 Å². The molecule has 2 aromatic carbocycles. The van der Waals surface area contributed by atoms with Crippen LogP contribution in [0.15, 0.2) is 60.9 Å². The van der Waals surface area contributed by atoms with Gasteiger partial charge in [0, 0.05) is 67.0 Å². The summed E-state index contributed by atoms with van der Waals surface area (Å²) in [6, 6.07) is 14.8. The molecule has 0 radical (unpaired) electrons. The summed E-state index contributed by atoms with van der Waals surface area (Å²) in [6.07, 6.45) is 4.92. The summed E-state index contributed by atoms with van der Waals surface area (Å²) in [6.45, 7) is 8.38. The number of ketones is 1. The molecule has 0 aliphatic rings. The average Bonchev–Trinajstić information content (AvgIpc) is 3.11. The van der Waals surface area contributed by atoms with Crippen LogP contribution in [0.4, 0.5) is 5.69 Å². The van der Waals surface area contributed by atoms with E-state index in [1.807, 2.05) is 64.1 Å². The van der Waals surface area contributed by atoms with Crippen LogP contribution in [0.5, 0.6) is 11.5 Å². The number of carbonyl (C=O) groups excluding carboxylic acids is 2. The molecule has 0 unspecified atom stereocenters. The third-order valence-electron chi connectivity index (χ3n) is 8.65. The van der Waals surface area contributed by atoms with Crippen molar-refractivity contribution in [3.05, 3.63) is 100 Å². The van der Waals surface area contributed by atoms with Crippen molar-refractivity contribution >= 4 is 17.4 Å². The van der Waals surface area contributed by atoms with E-state index in [0.29, 0.717) is 35.8 Å². The lowest BCUT2D eigenvalue weighted by atomic mass is 9.91. The summed E-state index contributed by atoms with van der Waals surface area (Å²) in [4.78, 5) is 35.5. The number of amides is 1. The number of Topliss-reactive ketones (excluding diaryl/α,β-unsaturated/α-hetero) is 1. The highest BCUT2D eigenvalue weighted by Gasteiger charge is 2.19. The molecule has 0 saturated heterocycles. The fraction of sp³-hybridized carbons (Fsp3) is 0.368. The minimum absolute atomic E-state index is 0.0119. The first-order valence-corrected chi connectivity index (χ1v) is 16.1. The predicted octanol–water partition coefficient (Wildman–Crippen LogP) is 5.49. The Balaban J connectivity index is 1.52. The number of hydrogen-bond donors (Lipinski definition) is 4. The Labute approximate surface area is 282 Å². The van der Waals surface area contributed by atoms with Crippen molar-refractivity contribution in [3.8, 4) is 22.6 Å². The van der Waals surface area contributed by atoms with Gasteiger partial charge in [-0.1, -0.05) is 37.3 Å². The molecule has 0 bridgehead atoms. The van der Waals surface area contributed by atoms with Crippen LogP contribution in [-0.4, -0.2) is 65.3 Å². The molecule has 0 spiro atoms. The first-order chi connectivity index (χ1) is 23.1. The number of aromatic nitrogens is 2. The highest BCUT2D eigenvalue weighted by Crippen LogP contribution is 2.33. The van der Waals surface area contributed by atoms with Gasteiger partial charge < -0.3 is 30.3 Å². The SMILES string of the molecule is COc1cc(C(=O)Nc2cccc(-c3cccc(CC(=O)c4cc(OC)c(CN[C@@H](C)CO)cn4)c3C)c2C)ncc1CC[C@@H](C)CO. The number of aryl methyl sites for hydroxylation is 1. The first-order valence-electron chi connectivity index (χ1n) is 16.1. The topological polar surface area (TPSA) is 143 Å². The number of aliphatic hydroxyl groups is 2. The number of methoxy groups -OCH3 is 2. The minimum atomic E-state index is -0.354. The summed E-state index contributed by atoms with van der Waals surface area (Å²) < 4.78 is 11.1. The van der Waals surface area contributed by atoms with E-state index < -0.39 is 0 Å². The van der Waals surface area contributed by atoms with Crippen LogP contribution in [0.2, 0.25) is 0 Å². The normalized spacial score (nSPS) is 12.3. The maximum atomic E-state index is 13.4. The number of aliphatic hydroxyl groups excluding tert-OH is 2. The summed E-state index contributed by atoms with van der Waals surface area (Å²) >= 11 is 0. The molecule has 0 aliphatic heterocycles. The van der Waals surface area contributed by atoms with Crippen molar-refractivity contribution in [3.63, 3.8) is 0 Å². The zero-order chi connectivity index (χ0) is 34.8. The highest BCUT2D eigenvalue weighted by molar-refractivity contribution is 6.04. The van der Waals surface area contributed by atoms with E-state index >= 15 is 0 Å². The number of anilines is 1. The van der Waals surface area contributed by atoms with Gasteiger partial charge in [0.2, 0.25) is 0 Å². The third kappa shape index (κ3) is 8.83. The molecule has 2 aromatic heterocycles. The van der Waals surface area contributed by atoms with E-state index in [1.54, 1.807) is 38.7 Å². The van der Waals surface area contributed by atoms with Crippen LogP contribution in [0.25, 0.3) is 11.1 Å². The van der Waals surface area contributed by atoms with Crippen molar-refractivity contribution in [2.75, 3.05) is 32.8 Å². The molecular formula is C38H46N4O6. The largest absolute Gasteiger partial charge is 0.496 e. The van der Waals surface area contributed by atoms with Crippen LogP contribution < -0.4 is 20.1 Å². The van der Waals surface area contributed by atoms with Crippen LogP contribution in [-0.2, 0) is 19.4 Å². The van der Waals surface area contributed by atoms with Gasteiger partial charge in [0.1, 0.15) is 22.9 Å². The molecule has 2 atom stereocenters. The van der Waals surface area contributed by atoms with Crippen LogP contribution in [0.1, 0.15) is 69.1 Å². The standard InChI is InChI=1S/C38H46N4O6/c1-23(21-43)13-14-28-18-41-34(17-36(28)47-5)38(46)42-32-12-8-11-31(26(32)4)30-10-7-9-27(25(30)3)15-35(45)33-16-37(48-6)29(20-40-33)19-39-24(2)22-44/h7-12,16-18,20,23-24,39,43-44H,13-15,19,21-22H2,1-6H3,(H,42,46)/t23-,24+/m1/s1. The molecular weight excluding hydrogens is 608 g/mol. The molecule has 4 rings (SSSR count). The number of pyridine rings is 2. The van der Waals surface area contributed by atoms with E-state index in [2.05, 4.69) is 20.6 Å². The zero-order valence-corrected chi connectivity index (χ0v) is 28.6. The van der Waals surface area contributed by atoms with Gasteiger partial charge in [-0.05, 0) is 73.4 Å². The van der Waals surface area contributed by atoms with Gasteiger partial charge in [0.15, 0.2) is 5.78 Å². The summed E-state index contributed by atoms with van der Waals surface area (Å²) in [5, 5.41) is 24.8. The van der Waals surface area contributed by atoms with Crippen molar-refractivity contribution < 1.29 is 29.3 Å². The molecule has 0 fully saturated rings. The van der Waals surface area contributed by atoms with Crippen LogP contribution >= 0.6 is 0 Å². The van der Waals surface area contributed by atoms with E-state index in [4.69, 9.17) is 9.47 Å². The maximum Gasteiger partial charge on any atom is 0.274 e. The Morgan fingerprint density at radius 1 is 0.812 bits per heavy atom. The lowest BCUT2D eigenvalue weighted by Crippen LogP contribution is -2.28. The van der Waals surface area contributed by atoms with E-state index in [9.17, 15) is 19.8 Å². The number of nitrogens with one attached hydrogen (secondary N) is 2. The fourth-order valence-corrected chi connectivity index (χ4v) is 5.43. The lowest BCUT2D eigenvalue weighted by Gasteiger charge is -2.17. The fourth-order valence-electron chi connectivity index (χ4n) is 5.43. The predicted molar refractivity (Wildman–Crippen MR) is 187 cm³/mol. The summed E-state index contributed by atoms with van der Waals surface area (Å²) in [5.41, 5.74) is 7.49. The maximum absolute atomic E-state index is 13.4. The Morgan fingerprint density at radius 3 is 2.12 bits per heavy atom. The molecule has 0 aliphatic carbocycles. The van der Waals surface area contributed by atoms with Gasteiger partial charge in [-0.15, -0.1) is 0 Å². The van der Waals surface area contributed by atoms with Crippen LogP contribution in [0, 0.1) is 19.8 Å². The van der Waals surface area contributed by atoms with Gasteiger partial charge in [0.05, 0.1) is 20.8 Å². The lowest BCUT2D eigenvalue weighted by molar-refractivity contribution is 0.0985. The number of nitrogens with zero attached hydrogens (tertiary/aromatic N) is 2. The van der Waals surface area contributed by atoms with Gasteiger partial charge in [-0.3, -0.25) is 19.6 Å². The second-order valence-corrected chi connectivity index (χ2v) is 12.2. The first kappa shape index (κ1) is 36.2. The summed E-state index contributed by atoms with van der Waals surface area (Å²) in [5.74, 6) is 0.816. The van der Waals surface area contributed by atoms with Gasteiger partial charge in [0.25, 0.3) is 5.91 Å².